The summed E-state index contributed by atoms with van der Waals surface area (Å²) in [5.41, 5.74) is 0. The number of carbonyl (C=O) groups is 2. The van der Waals surface area contributed by atoms with Crippen LogP contribution in [0.2, 0.25) is 0 Å². The van der Waals surface area contributed by atoms with Crippen molar-refractivity contribution in [1.29, 1.82) is 0 Å². The molecule has 9 heteroatoms. The molecule has 0 aromatic carbocycles. The van der Waals surface area contributed by atoms with E-state index in [-0.39, 0.29) is 11.7 Å². The molecule has 0 saturated carbocycles. The molecule has 2 N–H and O–H groups in total. The number of aliphatic carboxylic acids is 1. The van der Waals surface area contributed by atoms with Gasteiger partial charge < -0.3 is 14.8 Å². The summed E-state index contributed by atoms with van der Waals surface area (Å²) in [5.74, 6) is 0.0591. The molecule has 0 spiro atoms. The van der Waals surface area contributed by atoms with Crippen LogP contribution in [0.5, 0.6) is 0 Å². The third kappa shape index (κ3) is 4.57. The lowest BCUT2D eigenvalue weighted by Gasteiger charge is -2.11. The van der Waals surface area contributed by atoms with Gasteiger partial charge in [-0.25, -0.2) is 4.79 Å². The van der Waals surface area contributed by atoms with E-state index in [9.17, 15) is 9.59 Å². The fourth-order valence-electron chi connectivity index (χ4n) is 1.50. The first-order valence-electron chi connectivity index (χ1n) is 6.00. The minimum atomic E-state index is -1.07. The first-order valence-corrected chi connectivity index (χ1v) is 8.03. The van der Waals surface area contributed by atoms with E-state index in [1.807, 2.05) is 17.5 Å². The van der Waals surface area contributed by atoms with Gasteiger partial charge in [-0.05, 0) is 11.4 Å². The number of rotatable bonds is 7. The number of hydrogen-bond donors (Lipinski definition) is 2. The third-order valence-corrected chi connectivity index (χ3v) is 4.26. The van der Waals surface area contributed by atoms with Crippen LogP contribution in [0.3, 0.4) is 0 Å². The lowest BCUT2D eigenvalue weighted by molar-refractivity contribution is -0.140. The molecule has 0 unspecified atom stereocenters. The molecule has 2 aromatic heterocycles. The number of nitrogens with zero attached hydrogens (tertiary/aromatic N) is 2. The van der Waals surface area contributed by atoms with Crippen molar-refractivity contribution < 1.29 is 19.1 Å². The summed E-state index contributed by atoms with van der Waals surface area (Å²) in [5, 5.41) is 21.1. The molecule has 0 aliphatic rings. The minimum absolute atomic E-state index is 0.228. The maximum Gasteiger partial charge on any atom is 0.327 e. The molecule has 1 amide bonds. The minimum Gasteiger partial charge on any atom is -0.480 e. The Hall–Kier alpha value is -1.87. The highest BCUT2D eigenvalue weighted by Crippen LogP contribution is 2.24. The molecular formula is C12H13N3O4S2. The molecule has 0 fully saturated rings. The molecule has 7 nitrogen and oxygen atoms in total. The predicted molar refractivity (Wildman–Crippen MR) is 79.0 cm³/mol. The Labute approximate surface area is 128 Å². The van der Waals surface area contributed by atoms with E-state index in [0.29, 0.717) is 17.5 Å². The van der Waals surface area contributed by atoms with Gasteiger partial charge in [0.1, 0.15) is 6.04 Å². The van der Waals surface area contributed by atoms with Crippen LogP contribution in [0.25, 0.3) is 10.8 Å². The van der Waals surface area contributed by atoms with Gasteiger partial charge in [0.25, 0.3) is 5.89 Å². The highest BCUT2D eigenvalue weighted by molar-refractivity contribution is 7.98. The van der Waals surface area contributed by atoms with Crippen molar-refractivity contribution in [1.82, 2.24) is 15.5 Å². The zero-order valence-electron chi connectivity index (χ0n) is 11.1. The van der Waals surface area contributed by atoms with Crippen molar-refractivity contribution >= 4 is 35.0 Å². The molecule has 21 heavy (non-hydrogen) atoms. The Balaban J connectivity index is 1.85. The van der Waals surface area contributed by atoms with Crippen molar-refractivity contribution in [3.05, 3.63) is 23.4 Å². The molecule has 112 valence electrons. The molecule has 0 aliphatic carbocycles. The van der Waals surface area contributed by atoms with E-state index in [2.05, 4.69) is 15.5 Å². The van der Waals surface area contributed by atoms with Gasteiger partial charge in [-0.1, -0.05) is 6.07 Å². The highest BCUT2D eigenvalue weighted by Gasteiger charge is 2.19. The fraction of sp³-hybridized carbons (Fsp3) is 0.333. The van der Waals surface area contributed by atoms with Gasteiger partial charge in [-0.15, -0.1) is 33.3 Å². The summed E-state index contributed by atoms with van der Waals surface area (Å²) in [6, 6.07) is 2.85. The summed E-state index contributed by atoms with van der Waals surface area (Å²) in [6.07, 6.45) is 0. The normalized spacial score (nSPS) is 12.0. The Bertz CT molecular complexity index is 612. The smallest absolute Gasteiger partial charge is 0.327 e. The van der Waals surface area contributed by atoms with Gasteiger partial charge in [-0.3, -0.25) is 4.79 Å². The molecule has 0 saturated heterocycles. The summed E-state index contributed by atoms with van der Waals surface area (Å²) >= 11 is 2.81. The number of hydrogen-bond acceptors (Lipinski definition) is 7. The first kappa shape index (κ1) is 15.5. The van der Waals surface area contributed by atoms with Crippen LogP contribution in [0.1, 0.15) is 12.8 Å². The number of thioether (sulfide) groups is 1. The fourth-order valence-corrected chi connectivity index (χ4v) is 3.01. The number of carboxylic acids is 1. The van der Waals surface area contributed by atoms with Crippen molar-refractivity contribution in [2.45, 2.75) is 18.7 Å². The van der Waals surface area contributed by atoms with Gasteiger partial charge in [0.2, 0.25) is 11.8 Å². The number of nitrogens with one attached hydrogen (secondary N) is 1. The number of carbonyl (C=O) groups excluding carboxylic acids is 1. The van der Waals surface area contributed by atoms with E-state index in [4.69, 9.17) is 9.52 Å². The van der Waals surface area contributed by atoms with Crippen LogP contribution < -0.4 is 5.32 Å². The SMILES string of the molecule is CC(=O)N[C@@H](CSCc1nnc(-c2cccs2)o1)C(=O)O. The van der Waals surface area contributed by atoms with Gasteiger partial charge in [0.05, 0.1) is 10.6 Å². The molecule has 1 atom stereocenters. The first-order chi connectivity index (χ1) is 10.1. The molecule has 0 bridgehead atoms. The van der Waals surface area contributed by atoms with Crippen LogP contribution >= 0.6 is 23.1 Å². The zero-order chi connectivity index (χ0) is 15.2. The van der Waals surface area contributed by atoms with E-state index >= 15 is 0 Å². The summed E-state index contributed by atoms with van der Waals surface area (Å²) in [7, 11) is 0. The second kappa shape index (κ2) is 7.23. The number of aromatic nitrogens is 2. The van der Waals surface area contributed by atoms with E-state index in [1.165, 1.54) is 30.0 Å². The van der Waals surface area contributed by atoms with Gasteiger partial charge >= 0.3 is 5.97 Å². The van der Waals surface area contributed by atoms with Crippen LogP contribution in [0.4, 0.5) is 0 Å². The van der Waals surface area contributed by atoms with E-state index < -0.39 is 12.0 Å². The highest BCUT2D eigenvalue weighted by atomic mass is 32.2. The monoisotopic (exact) mass is 327 g/mol. The Kier molecular flexibility index (Phi) is 5.34. The topological polar surface area (TPSA) is 105 Å². The summed E-state index contributed by atoms with van der Waals surface area (Å²) in [6.45, 7) is 1.28. The van der Waals surface area contributed by atoms with Gasteiger partial charge in [0.15, 0.2) is 0 Å². The van der Waals surface area contributed by atoms with Crippen molar-refractivity contribution in [2.24, 2.45) is 0 Å². The van der Waals surface area contributed by atoms with Crippen molar-refractivity contribution in [3.8, 4) is 10.8 Å². The van der Waals surface area contributed by atoms with E-state index in [1.54, 1.807) is 0 Å². The number of carboxylic acid groups (broad SMARTS) is 1. The standard InChI is InChI=1S/C12H13N3O4S2/c1-7(16)13-8(12(17)18)5-20-6-10-14-15-11(19-10)9-3-2-4-21-9/h2-4,8H,5-6H2,1H3,(H,13,16)(H,17,18)/t8-/m0/s1. The van der Waals surface area contributed by atoms with E-state index in [0.717, 1.165) is 4.88 Å². The molecule has 2 rings (SSSR count). The average molecular weight is 327 g/mol. The molecular weight excluding hydrogens is 314 g/mol. The molecule has 0 radical (unpaired) electrons. The third-order valence-electron chi connectivity index (χ3n) is 2.38. The Morgan fingerprint density at radius 1 is 1.52 bits per heavy atom. The second-order valence-corrected chi connectivity index (χ2v) is 6.06. The van der Waals surface area contributed by atoms with Crippen LogP contribution in [0.15, 0.2) is 21.9 Å². The lowest BCUT2D eigenvalue weighted by atomic mass is 10.3. The number of thiophene rings is 1. The average Bonchev–Trinajstić information content (AvgIpc) is 3.07. The van der Waals surface area contributed by atoms with Gasteiger partial charge in [0, 0.05) is 12.7 Å². The molecule has 0 aliphatic heterocycles. The van der Waals surface area contributed by atoms with Crippen molar-refractivity contribution in [3.63, 3.8) is 0 Å². The maximum atomic E-state index is 11.0. The quantitative estimate of drug-likeness (QED) is 0.796. The summed E-state index contributed by atoms with van der Waals surface area (Å²) < 4.78 is 5.48. The lowest BCUT2D eigenvalue weighted by Crippen LogP contribution is -2.41. The molecule has 2 aromatic rings. The molecule has 2 heterocycles. The van der Waals surface area contributed by atoms with Gasteiger partial charge in [-0.2, -0.15) is 0 Å². The maximum absolute atomic E-state index is 11.0. The summed E-state index contributed by atoms with van der Waals surface area (Å²) in [4.78, 5) is 22.8. The van der Waals surface area contributed by atoms with Crippen molar-refractivity contribution in [2.75, 3.05) is 5.75 Å². The second-order valence-electron chi connectivity index (χ2n) is 4.08. The predicted octanol–water partition coefficient (Wildman–Crippen LogP) is 1.62. The van der Waals surface area contributed by atoms with Crippen LogP contribution in [-0.2, 0) is 15.3 Å². The van der Waals surface area contributed by atoms with Crippen LogP contribution in [0, 0.1) is 0 Å². The largest absolute Gasteiger partial charge is 0.480 e. The van der Waals surface area contributed by atoms with Crippen LogP contribution in [-0.4, -0.2) is 39.0 Å². The zero-order valence-corrected chi connectivity index (χ0v) is 12.7. The Morgan fingerprint density at radius 3 is 2.95 bits per heavy atom. The Morgan fingerprint density at radius 2 is 2.33 bits per heavy atom. The number of amides is 1.